The Hall–Kier alpha value is -1.47. The van der Waals surface area contributed by atoms with Crippen LogP contribution in [0.3, 0.4) is 0 Å². The molecule has 0 saturated heterocycles. The molecule has 0 spiro atoms. The highest BCUT2D eigenvalue weighted by Crippen LogP contribution is 2.37. The van der Waals surface area contributed by atoms with E-state index in [1.165, 1.54) is 0 Å². The molecule has 2 atom stereocenters. The minimum absolute atomic E-state index is 0.00788. The van der Waals surface area contributed by atoms with Crippen molar-refractivity contribution in [2.45, 2.75) is 55.9 Å². The Kier molecular flexibility index (Phi) is 5.98. The molecule has 4 rings (SSSR count). The van der Waals surface area contributed by atoms with Gasteiger partial charge in [-0.05, 0) is 67.6 Å². The Bertz CT molecular complexity index is 1010. The van der Waals surface area contributed by atoms with Gasteiger partial charge >= 0.3 is 0 Å². The number of rotatable bonds is 7. The van der Waals surface area contributed by atoms with Crippen molar-refractivity contribution in [2.24, 2.45) is 0 Å². The van der Waals surface area contributed by atoms with Crippen LogP contribution in [0.25, 0.3) is 0 Å². The number of halogens is 2. The van der Waals surface area contributed by atoms with Gasteiger partial charge in [0, 0.05) is 29.1 Å². The standard InChI is InChI=1S/C22H26ClFN2O2S/c1-25-22-12-15-11-21(24)16(13-26-29(27,28)18-6-3-7-18)10-19(15)20(22)9-14-4-2-5-17(23)8-14/h2,4-5,8,10-11,18,20,22,25-26H,3,6-7,9,12-13H2,1H3. The average Bonchev–Trinajstić information content (AvgIpc) is 2.94. The lowest BCUT2D eigenvalue weighted by atomic mass is 9.90. The minimum Gasteiger partial charge on any atom is -0.316 e. The van der Waals surface area contributed by atoms with Crippen LogP contribution < -0.4 is 10.0 Å². The topological polar surface area (TPSA) is 58.2 Å². The maximum atomic E-state index is 14.7. The summed E-state index contributed by atoms with van der Waals surface area (Å²) in [7, 11) is -1.46. The zero-order valence-electron chi connectivity index (χ0n) is 16.4. The molecule has 2 aromatic rings. The summed E-state index contributed by atoms with van der Waals surface area (Å²) in [5, 5.41) is 3.73. The number of likely N-dealkylation sites (N-methyl/N-ethyl adjacent to an activating group) is 1. The first-order valence-electron chi connectivity index (χ1n) is 10.1. The van der Waals surface area contributed by atoms with Gasteiger partial charge in [-0.1, -0.05) is 36.2 Å². The number of hydrogen-bond donors (Lipinski definition) is 2. The summed E-state index contributed by atoms with van der Waals surface area (Å²) in [6, 6.07) is 11.4. The SMILES string of the molecule is CNC1Cc2cc(F)c(CNS(=O)(=O)C3CCC3)cc2C1Cc1cccc(Cl)c1. The second kappa shape index (κ2) is 8.34. The van der Waals surface area contributed by atoms with Crippen LogP contribution in [0.4, 0.5) is 4.39 Å². The number of sulfonamides is 1. The van der Waals surface area contributed by atoms with Crippen LogP contribution >= 0.6 is 11.6 Å². The molecule has 2 aliphatic rings. The Morgan fingerprint density at radius 3 is 2.66 bits per heavy atom. The lowest BCUT2D eigenvalue weighted by Gasteiger charge is -2.25. The molecule has 0 amide bonds. The van der Waals surface area contributed by atoms with E-state index in [4.69, 9.17) is 11.6 Å². The zero-order chi connectivity index (χ0) is 20.6. The third-order valence-corrected chi connectivity index (χ3v) is 8.43. The van der Waals surface area contributed by atoms with Crippen molar-refractivity contribution >= 4 is 21.6 Å². The minimum atomic E-state index is -3.38. The molecule has 0 radical (unpaired) electrons. The number of benzene rings is 2. The molecule has 2 aliphatic carbocycles. The monoisotopic (exact) mass is 436 g/mol. The van der Waals surface area contributed by atoms with Crippen LogP contribution in [-0.2, 0) is 29.4 Å². The van der Waals surface area contributed by atoms with E-state index in [0.29, 0.717) is 23.4 Å². The van der Waals surface area contributed by atoms with E-state index in [1.54, 1.807) is 6.07 Å². The molecule has 156 valence electrons. The van der Waals surface area contributed by atoms with Crippen LogP contribution in [0.2, 0.25) is 5.02 Å². The van der Waals surface area contributed by atoms with Crippen molar-refractivity contribution in [2.75, 3.05) is 7.05 Å². The largest absolute Gasteiger partial charge is 0.316 e. The summed E-state index contributed by atoms with van der Waals surface area (Å²) in [5.74, 6) is -0.172. The molecule has 2 aromatic carbocycles. The molecular weight excluding hydrogens is 411 g/mol. The third-order valence-electron chi connectivity index (χ3n) is 6.30. The molecule has 1 fully saturated rings. The fraction of sp³-hybridized carbons (Fsp3) is 0.455. The lowest BCUT2D eigenvalue weighted by molar-refractivity contribution is 0.468. The van der Waals surface area contributed by atoms with Gasteiger partial charge in [0.25, 0.3) is 0 Å². The summed E-state index contributed by atoms with van der Waals surface area (Å²) in [6.07, 6.45) is 3.86. The second-order valence-corrected chi connectivity index (χ2v) is 10.6. The first kappa shape index (κ1) is 20.8. The Morgan fingerprint density at radius 1 is 1.21 bits per heavy atom. The highest BCUT2D eigenvalue weighted by molar-refractivity contribution is 7.90. The number of nitrogens with one attached hydrogen (secondary N) is 2. The van der Waals surface area contributed by atoms with Gasteiger partial charge in [-0.15, -0.1) is 0 Å². The predicted octanol–water partition coefficient (Wildman–Crippen LogP) is 3.92. The van der Waals surface area contributed by atoms with Crippen molar-refractivity contribution < 1.29 is 12.8 Å². The van der Waals surface area contributed by atoms with Crippen molar-refractivity contribution in [3.63, 3.8) is 0 Å². The second-order valence-electron chi connectivity index (χ2n) is 8.10. The third kappa shape index (κ3) is 4.36. The summed E-state index contributed by atoms with van der Waals surface area (Å²) in [5.41, 5.74) is 3.61. The van der Waals surface area contributed by atoms with Crippen molar-refractivity contribution in [1.82, 2.24) is 10.0 Å². The Labute approximate surface area is 176 Å². The van der Waals surface area contributed by atoms with E-state index in [9.17, 15) is 12.8 Å². The number of fused-ring (bicyclic) bond motifs is 1. The average molecular weight is 437 g/mol. The maximum absolute atomic E-state index is 14.7. The van der Waals surface area contributed by atoms with Crippen LogP contribution in [0.5, 0.6) is 0 Å². The molecule has 2 N–H and O–H groups in total. The summed E-state index contributed by atoms with van der Waals surface area (Å²) < 4.78 is 41.9. The van der Waals surface area contributed by atoms with E-state index in [-0.39, 0.29) is 29.6 Å². The smallest absolute Gasteiger partial charge is 0.214 e. The van der Waals surface area contributed by atoms with Crippen molar-refractivity contribution in [1.29, 1.82) is 0 Å². The molecular formula is C22H26ClFN2O2S. The highest BCUT2D eigenvalue weighted by Gasteiger charge is 2.34. The van der Waals surface area contributed by atoms with Gasteiger partial charge < -0.3 is 5.32 Å². The van der Waals surface area contributed by atoms with Gasteiger partial charge in [-0.2, -0.15) is 0 Å². The first-order chi connectivity index (χ1) is 13.9. The molecule has 0 aliphatic heterocycles. The predicted molar refractivity (Wildman–Crippen MR) is 114 cm³/mol. The van der Waals surface area contributed by atoms with Gasteiger partial charge in [0.1, 0.15) is 5.82 Å². The zero-order valence-corrected chi connectivity index (χ0v) is 18.0. The van der Waals surface area contributed by atoms with Gasteiger partial charge in [-0.25, -0.2) is 17.5 Å². The molecule has 1 saturated carbocycles. The molecule has 29 heavy (non-hydrogen) atoms. The first-order valence-corrected chi connectivity index (χ1v) is 12.0. The fourth-order valence-corrected chi connectivity index (χ4v) is 6.14. The van der Waals surface area contributed by atoms with Crippen LogP contribution in [0.15, 0.2) is 36.4 Å². The van der Waals surface area contributed by atoms with Gasteiger partial charge in [0.15, 0.2) is 0 Å². The summed E-state index contributed by atoms with van der Waals surface area (Å²) >= 11 is 6.14. The molecule has 4 nitrogen and oxygen atoms in total. The van der Waals surface area contributed by atoms with E-state index in [2.05, 4.69) is 10.0 Å². The van der Waals surface area contributed by atoms with Crippen LogP contribution in [0, 0.1) is 5.82 Å². The number of hydrogen-bond acceptors (Lipinski definition) is 3. The molecule has 0 aromatic heterocycles. The van der Waals surface area contributed by atoms with Gasteiger partial charge in [-0.3, -0.25) is 0 Å². The lowest BCUT2D eigenvalue weighted by Crippen LogP contribution is -2.38. The Balaban J connectivity index is 1.58. The molecule has 2 unspecified atom stereocenters. The van der Waals surface area contributed by atoms with Crippen molar-refractivity contribution in [3.05, 3.63) is 69.5 Å². The quantitative estimate of drug-likeness (QED) is 0.691. The fourth-order valence-electron chi connectivity index (χ4n) is 4.38. The van der Waals surface area contributed by atoms with Crippen LogP contribution in [0.1, 0.15) is 47.4 Å². The highest BCUT2D eigenvalue weighted by atomic mass is 35.5. The van der Waals surface area contributed by atoms with Gasteiger partial charge in [0.2, 0.25) is 10.0 Å². The van der Waals surface area contributed by atoms with E-state index in [1.807, 2.05) is 37.4 Å². The van der Waals surface area contributed by atoms with E-state index in [0.717, 1.165) is 36.0 Å². The molecule has 0 bridgehead atoms. The summed E-state index contributed by atoms with van der Waals surface area (Å²) in [4.78, 5) is 0. The normalized spacial score (nSPS) is 21.8. The van der Waals surface area contributed by atoms with Crippen molar-refractivity contribution in [3.8, 4) is 0 Å². The van der Waals surface area contributed by atoms with E-state index >= 15 is 0 Å². The molecule has 0 heterocycles. The van der Waals surface area contributed by atoms with E-state index < -0.39 is 10.0 Å². The van der Waals surface area contributed by atoms with Crippen LogP contribution in [-0.4, -0.2) is 26.8 Å². The maximum Gasteiger partial charge on any atom is 0.214 e. The van der Waals surface area contributed by atoms with Gasteiger partial charge in [0.05, 0.1) is 5.25 Å². The Morgan fingerprint density at radius 2 is 2.00 bits per heavy atom. The molecule has 7 heteroatoms. The summed E-state index contributed by atoms with van der Waals surface area (Å²) in [6.45, 7) is -0.00788.